The molecule has 0 saturated carbocycles. The van der Waals surface area contributed by atoms with Crippen LogP contribution in [-0.4, -0.2) is 23.9 Å². The number of carbonyl (C=O) groups excluding carboxylic acids is 1. The molecule has 0 heterocycles. The fourth-order valence-corrected chi connectivity index (χ4v) is 1.80. The van der Waals surface area contributed by atoms with Crippen LogP contribution in [0, 0.1) is 0 Å². The number of hydrogen-bond donors (Lipinski definition) is 1. The molecule has 1 aromatic rings. The molecule has 0 aliphatic rings. The maximum atomic E-state index is 14.0. The van der Waals surface area contributed by atoms with Crippen molar-refractivity contribution in [2.45, 2.75) is 45.4 Å². The van der Waals surface area contributed by atoms with Crippen LogP contribution in [0.1, 0.15) is 44.7 Å². The zero-order valence-corrected chi connectivity index (χ0v) is 11.8. The summed E-state index contributed by atoms with van der Waals surface area (Å²) >= 11 is 0. The van der Waals surface area contributed by atoms with Gasteiger partial charge in [0, 0.05) is 0 Å². The van der Waals surface area contributed by atoms with Gasteiger partial charge in [-0.2, -0.15) is 0 Å². The molecule has 0 radical (unpaired) electrons. The van der Waals surface area contributed by atoms with Crippen LogP contribution in [0.15, 0.2) is 24.3 Å². The van der Waals surface area contributed by atoms with Crippen molar-refractivity contribution in [2.24, 2.45) is 0 Å². The molecule has 2 unspecified atom stereocenters. The van der Waals surface area contributed by atoms with E-state index in [1.165, 1.54) is 6.92 Å². The Labute approximate surface area is 113 Å². The van der Waals surface area contributed by atoms with Gasteiger partial charge < -0.3 is 9.84 Å². The minimum Gasteiger partial charge on any atom is -0.464 e. The summed E-state index contributed by atoms with van der Waals surface area (Å²) in [5, 5.41) is 10.2. The minimum absolute atomic E-state index is 0.0849. The fraction of sp³-hybridized carbons (Fsp3) is 0.533. The van der Waals surface area contributed by atoms with Gasteiger partial charge in [0.15, 0.2) is 0 Å². The van der Waals surface area contributed by atoms with Gasteiger partial charge in [-0.15, -0.1) is 0 Å². The van der Waals surface area contributed by atoms with Crippen molar-refractivity contribution in [1.29, 1.82) is 0 Å². The third kappa shape index (κ3) is 3.53. The van der Waals surface area contributed by atoms with E-state index in [4.69, 9.17) is 0 Å². The van der Waals surface area contributed by atoms with Gasteiger partial charge in [0.2, 0.25) is 6.17 Å². The maximum Gasteiger partial charge on any atom is 0.344 e. The first kappa shape index (κ1) is 15.6. The molecule has 0 bridgehead atoms. The molecule has 0 aromatic heterocycles. The number of esters is 1. The Bertz CT molecular complexity index is 424. The molecule has 0 amide bonds. The van der Waals surface area contributed by atoms with Crippen LogP contribution < -0.4 is 0 Å². The molecule has 106 valence electrons. The summed E-state index contributed by atoms with van der Waals surface area (Å²) in [6.45, 7) is 7.05. The predicted molar refractivity (Wildman–Crippen MR) is 71.6 cm³/mol. The Kier molecular flexibility index (Phi) is 5.06. The lowest BCUT2D eigenvalue weighted by Crippen LogP contribution is -2.40. The lowest BCUT2D eigenvalue weighted by Gasteiger charge is -2.26. The summed E-state index contributed by atoms with van der Waals surface area (Å²) in [6, 6.07) is 6.93. The molecule has 0 fully saturated rings. The van der Waals surface area contributed by atoms with Crippen molar-refractivity contribution in [3.63, 3.8) is 0 Å². The molecule has 0 aliphatic heterocycles. The van der Waals surface area contributed by atoms with Crippen molar-refractivity contribution in [1.82, 2.24) is 0 Å². The monoisotopic (exact) mass is 268 g/mol. The highest BCUT2D eigenvalue weighted by Crippen LogP contribution is 2.29. The van der Waals surface area contributed by atoms with Crippen LogP contribution in [0.2, 0.25) is 0 Å². The van der Waals surface area contributed by atoms with Gasteiger partial charge in [-0.25, -0.2) is 9.18 Å². The topological polar surface area (TPSA) is 46.5 Å². The van der Waals surface area contributed by atoms with E-state index in [2.05, 4.69) is 4.74 Å². The van der Waals surface area contributed by atoms with Crippen LogP contribution in [0.4, 0.5) is 4.39 Å². The van der Waals surface area contributed by atoms with E-state index in [1.807, 2.05) is 26.0 Å². The van der Waals surface area contributed by atoms with Crippen LogP contribution in [0.25, 0.3) is 0 Å². The van der Waals surface area contributed by atoms with Gasteiger partial charge in [0.25, 0.3) is 0 Å². The third-order valence-electron chi connectivity index (χ3n) is 3.15. The van der Waals surface area contributed by atoms with Crippen molar-refractivity contribution in [3.8, 4) is 0 Å². The van der Waals surface area contributed by atoms with Crippen LogP contribution >= 0.6 is 0 Å². The standard InChI is InChI=1S/C15H21FO3/c1-5-19-14(17)13(16)15(4,18)12-8-6-11(7-9-12)10(2)3/h6-10,13,18H,5H2,1-4H3. The number of carbonyl (C=O) groups is 1. The number of alkyl halides is 1. The summed E-state index contributed by atoms with van der Waals surface area (Å²) in [5.41, 5.74) is -0.439. The first-order valence-corrected chi connectivity index (χ1v) is 6.44. The first-order chi connectivity index (χ1) is 8.80. The molecule has 2 atom stereocenters. The number of ether oxygens (including phenoxy) is 1. The fourth-order valence-electron chi connectivity index (χ4n) is 1.80. The van der Waals surface area contributed by atoms with E-state index >= 15 is 0 Å². The highest BCUT2D eigenvalue weighted by Gasteiger charge is 2.40. The smallest absolute Gasteiger partial charge is 0.344 e. The number of benzene rings is 1. The number of aliphatic hydroxyl groups is 1. The molecule has 0 saturated heterocycles. The summed E-state index contributed by atoms with van der Waals surface area (Å²) in [6.07, 6.45) is -2.10. The number of rotatable bonds is 5. The van der Waals surface area contributed by atoms with E-state index in [0.29, 0.717) is 11.5 Å². The van der Waals surface area contributed by atoms with Crippen molar-refractivity contribution >= 4 is 5.97 Å². The highest BCUT2D eigenvalue weighted by atomic mass is 19.1. The average molecular weight is 268 g/mol. The molecule has 0 aliphatic carbocycles. The molecule has 1 rings (SSSR count). The van der Waals surface area contributed by atoms with Crippen LogP contribution in [-0.2, 0) is 15.1 Å². The highest BCUT2D eigenvalue weighted by molar-refractivity contribution is 5.76. The van der Waals surface area contributed by atoms with Gasteiger partial charge in [-0.1, -0.05) is 38.1 Å². The molecule has 3 nitrogen and oxygen atoms in total. The van der Waals surface area contributed by atoms with E-state index in [0.717, 1.165) is 5.56 Å². The van der Waals surface area contributed by atoms with E-state index in [-0.39, 0.29) is 6.61 Å². The van der Waals surface area contributed by atoms with Crippen molar-refractivity contribution in [2.75, 3.05) is 6.61 Å². The zero-order chi connectivity index (χ0) is 14.6. The Hall–Kier alpha value is -1.42. The Morgan fingerprint density at radius 2 is 1.89 bits per heavy atom. The van der Waals surface area contributed by atoms with E-state index in [1.54, 1.807) is 19.1 Å². The zero-order valence-electron chi connectivity index (χ0n) is 11.8. The molecular formula is C15H21FO3. The van der Waals surface area contributed by atoms with Gasteiger partial charge in [-0.3, -0.25) is 0 Å². The SMILES string of the molecule is CCOC(=O)C(F)C(C)(O)c1ccc(C(C)C)cc1. The Morgan fingerprint density at radius 3 is 2.32 bits per heavy atom. The second-order valence-electron chi connectivity index (χ2n) is 5.04. The minimum atomic E-state index is -2.10. The van der Waals surface area contributed by atoms with Crippen LogP contribution in [0.5, 0.6) is 0 Å². The Morgan fingerprint density at radius 1 is 1.37 bits per heavy atom. The molecule has 0 spiro atoms. The van der Waals surface area contributed by atoms with Crippen molar-refractivity contribution < 1.29 is 19.0 Å². The van der Waals surface area contributed by atoms with Gasteiger partial charge in [0.1, 0.15) is 5.60 Å². The van der Waals surface area contributed by atoms with E-state index < -0.39 is 17.7 Å². The maximum absolute atomic E-state index is 14.0. The lowest BCUT2D eigenvalue weighted by atomic mass is 9.89. The number of halogens is 1. The predicted octanol–water partition coefficient (Wildman–Crippen LogP) is 2.92. The first-order valence-electron chi connectivity index (χ1n) is 6.44. The summed E-state index contributed by atoms with van der Waals surface area (Å²) in [7, 11) is 0. The molecule has 19 heavy (non-hydrogen) atoms. The quantitative estimate of drug-likeness (QED) is 0.835. The van der Waals surface area contributed by atoms with Gasteiger partial charge in [-0.05, 0) is 30.9 Å². The Balaban J connectivity index is 2.95. The molecular weight excluding hydrogens is 247 g/mol. The number of hydrogen-bond acceptors (Lipinski definition) is 3. The molecule has 1 aromatic carbocycles. The second kappa shape index (κ2) is 6.15. The average Bonchev–Trinajstić information content (AvgIpc) is 2.38. The lowest BCUT2D eigenvalue weighted by molar-refractivity contribution is -0.160. The van der Waals surface area contributed by atoms with Crippen LogP contribution in [0.3, 0.4) is 0 Å². The summed E-state index contributed by atoms with van der Waals surface area (Å²) in [4.78, 5) is 11.4. The largest absolute Gasteiger partial charge is 0.464 e. The summed E-state index contributed by atoms with van der Waals surface area (Å²) in [5.74, 6) is -0.689. The van der Waals surface area contributed by atoms with Gasteiger partial charge >= 0.3 is 5.97 Å². The molecule has 4 heteroatoms. The summed E-state index contributed by atoms with van der Waals surface area (Å²) < 4.78 is 18.6. The van der Waals surface area contributed by atoms with Crippen molar-refractivity contribution in [3.05, 3.63) is 35.4 Å². The molecule has 1 N–H and O–H groups in total. The third-order valence-corrected chi connectivity index (χ3v) is 3.15. The van der Waals surface area contributed by atoms with E-state index in [9.17, 15) is 14.3 Å². The second-order valence-corrected chi connectivity index (χ2v) is 5.04. The normalized spacial score (nSPS) is 15.9. The van der Waals surface area contributed by atoms with Gasteiger partial charge in [0.05, 0.1) is 6.61 Å².